The van der Waals surface area contributed by atoms with Crippen LogP contribution in [0.15, 0.2) is 54.6 Å². The van der Waals surface area contributed by atoms with Crippen LogP contribution in [0.25, 0.3) is 0 Å². The average molecular weight is 336 g/mol. The van der Waals surface area contributed by atoms with Crippen molar-refractivity contribution >= 4 is 17.6 Å². The van der Waals surface area contributed by atoms with Gasteiger partial charge in [-0.3, -0.25) is 4.79 Å². The van der Waals surface area contributed by atoms with Crippen molar-refractivity contribution < 1.29 is 9.59 Å². The summed E-state index contributed by atoms with van der Waals surface area (Å²) in [5.41, 5.74) is 2.06. The monoisotopic (exact) mass is 336 g/mol. The van der Waals surface area contributed by atoms with Crippen molar-refractivity contribution in [3.8, 4) is 6.07 Å². The molecule has 6 nitrogen and oxygen atoms in total. The van der Waals surface area contributed by atoms with Crippen LogP contribution in [-0.4, -0.2) is 29.9 Å². The third-order valence-electron chi connectivity index (χ3n) is 3.60. The molecule has 0 bridgehead atoms. The van der Waals surface area contributed by atoms with Crippen LogP contribution in [0.1, 0.15) is 18.1 Å². The number of likely N-dealkylation sites (N-methyl/N-ethyl adjacent to an activating group) is 1. The number of para-hydroxylation sites is 1. The fourth-order valence-electron chi connectivity index (χ4n) is 2.37. The molecule has 2 N–H and O–H groups in total. The first-order chi connectivity index (χ1) is 12.0. The van der Waals surface area contributed by atoms with E-state index in [-0.39, 0.29) is 5.91 Å². The van der Waals surface area contributed by atoms with Crippen molar-refractivity contribution in [3.63, 3.8) is 0 Å². The molecule has 0 saturated carbocycles. The average Bonchev–Trinajstić information content (AvgIpc) is 2.61. The van der Waals surface area contributed by atoms with E-state index in [1.54, 1.807) is 44.3 Å². The first-order valence-corrected chi connectivity index (χ1v) is 7.86. The van der Waals surface area contributed by atoms with Gasteiger partial charge in [-0.1, -0.05) is 30.3 Å². The fraction of sp³-hybridized carbons (Fsp3) is 0.211. The van der Waals surface area contributed by atoms with Gasteiger partial charge < -0.3 is 15.5 Å². The smallest absolute Gasteiger partial charge is 0.319 e. The Kier molecular flexibility index (Phi) is 6.13. The molecular formula is C19H20N4O2. The van der Waals surface area contributed by atoms with Crippen LogP contribution < -0.4 is 10.6 Å². The quantitative estimate of drug-likeness (QED) is 0.880. The number of benzene rings is 2. The highest BCUT2D eigenvalue weighted by Crippen LogP contribution is 2.08. The van der Waals surface area contributed by atoms with Gasteiger partial charge in [0.1, 0.15) is 6.04 Å². The number of rotatable bonds is 5. The van der Waals surface area contributed by atoms with Gasteiger partial charge in [-0.05, 0) is 36.8 Å². The highest BCUT2D eigenvalue weighted by Gasteiger charge is 2.19. The Hall–Kier alpha value is -3.33. The van der Waals surface area contributed by atoms with Crippen LogP contribution in [0.5, 0.6) is 0 Å². The predicted molar refractivity (Wildman–Crippen MR) is 95.7 cm³/mol. The van der Waals surface area contributed by atoms with Crippen LogP contribution in [0, 0.1) is 11.3 Å². The molecule has 128 valence electrons. The Morgan fingerprint density at radius 1 is 1.16 bits per heavy atom. The number of hydrogen-bond acceptors (Lipinski definition) is 3. The summed E-state index contributed by atoms with van der Waals surface area (Å²) in [7, 11) is 1.66. The second-order valence-corrected chi connectivity index (χ2v) is 5.69. The maximum atomic E-state index is 12.4. The zero-order valence-corrected chi connectivity index (χ0v) is 14.2. The summed E-state index contributed by atoms with van der Waals surface area (Å²) in [5, 5.41) is 14.2. The number of nitrogens with one attached hydrogen (secondary N) is 2. The van der Waals surface area contributed by atoms with Gasteiger partial charge in [0.25, 0.3) is 0 Å². The number of hydrogen-bond donors (Lipinski definition) is 2. The second kappa shape index (κ2) is 8.50. The minimum atomic E-state index is -0.673. The van der Waals surface area contributed by atoms with E-state index in [0.29, 0.717) is 17.8 Å². The maximum absolute atomic E-state index is 12.4. The van der Waals surface area contributed by atoms with Gasteiger partial charge in [0.2, 0.25) is 5.91 Å². The Morgan fingerprint density at radius 2 is 1.88 bits per heavy atom. The molecule has 2 aromatic rings. The number of carbonyl (C=O) groups excluding carboxylic acids is 2. The van der Waals surface area contributed by atoms with E-state index in [9.17, 15) is 9.59 Å². The molecule has 0 aliphatic heterocycles. The summed E-state index contributed by atoms with van der Waals surface area (Å²) in [6.45, 7) is 2.00. The number of nitriles is 1. The van der Waals surface area contributed by atoms with Crippen LogP contribution in [0.2, 0.25) is 0 Å². The Labute approximate surface area is 147 Å². The van der Waals surface area contributed by atoms with Crippen LogP contribution in [0.4, 0.5) is 10.5 Å². The molecule has 0 aliphatic rings. The molecule has 0 saturated heterocycles. The van der Waals surface area contributed by atoms with E-state index in [1.807, 2.05) is 24.3 Å². The molecule has 6 heteroatoms. The Morgan fingerprint density at radius 3 is 2.56 bits per heavy atom. The normalized spacial score (nSPS) is 11.1. The van der Waals surface area contributed by atoms with Gasteiger partial charge in [-0.25, -0.2) is 4.79 Å². The Bertz CT molecular complexity index is 784. The SMILES string of the molecule is CC(NC(=O)Nc1ccccc1)C(=O)N(C)Cc1cccc(C#N)c1. The number of amides is 3. The summed E-state index contributed by atoms with van der Waals surface area (Å²) >= 11 is 0. The van der Waals surface area contributed by atoms with Crippen LogP contribution in [-0.2, 0) is 11.3 Å². The van der Waals surface area contributed by atoms with E-state index in [0.717, 1.165) is 5.56 Å². The molecule has 0 radical (unpaired) electrons. The lowest BCUT2D eigenvalue weighted by atomic mass is 10.1. The largest absolute Gasteiger partial charge is 0.340 e. The van der Waals surface area contributed by atoms with Crippen molar-refractivity contribution in [2.75, 3.05) is 12.4 Å². The third kappa shape index (κ3) is 5.36. The van der Waals surface area contributed by atoms with E-state index in [2.05, 4.69) is 16.7 Å². The molecule has 3 amide bonds. The zero-order chi connectivity index (χ0) is 18.2. The number of anilines is 1. The van der Waals surface area contributed by atoms with Gasteiger partial charge in [0.15, 0.2) is 0 Å². The van der Waals surface area contributed by atoms with E-state index in [4.69, 9.17) is 5.26 Å². The van der Waals surface area contributed by atoms with Gasteiger partial charge >= 0.3 is 6.03 Å². The minimum Gasteiger partial charge on any atom is -0.340 e. The molecule has 1 unspecified atom stereocenters. The van der Waals surface area contributed by atoms with Gasteiger partial charge in [0, 0.05) is 19.3 Å². The summed E-state index contributed by atoms with van der Waals surface area (Å²) in [6, 6.07) is 17.1. The molecule has 0 spiro atoms. The van der Waals surface area contributed by atoms with Crippen LogP contribution >= 0.6 is 0 Å². The first kappa shape index (κ1) is 18.0. The van der Waals surface area contributed by atoms with Gasteiger partial charge in [-0.15, -0.1) is 0 Å². The topological polar surface area (TPSA) is 85.2 Å². The standard InChI is InChI=1S/C19H20N4O2/c1-14(21-19(25)22-17-9-4-3-5-10-17)18(24)23(2)13-16-8-6-7-15(11-16)12-20/h3-11,14H,13H2,1-2H3,(H2,21,22,25). The van der Waals surface area contributed by atoms with Crippen molar-refractivity contribution in [2.24, 2.45) is 0 Å². The second-order valence-electron chi connectivity index (χ2n) is 5.69. The molecule has 1 atom stereocenters. The fourth-order valence-corrected chi connectivity index (χ4v) is 2.37. The van der Waals surface area contributed by atoms with Crippen molar-refractivity contribution in [2.45, 2.75) is 19.5 Å². The first-order valence-electron chi connectivity index (χ1n) is 7.86. The van der Waals surface area contributed by atoms with E-state index < -0.39 is 12.1 Å². The highest BCUT2D eigenvalue weighted by molar-refractivity contribution is 5.93. The van der Waals surface area contributed by atoms with Crippen molar-refractivity contribution in [1.29, 1.82) is 5.26 Å². The van der Waals surface area contributed by atoms with E-state index in [1.165, 1.54) is 4.90 Å². The third-order valence-corrected chi connectivity index (χ3v) is 3.60. The summed E-state index contributed by atoms with van der Waals surface area (Å²) in [4.78, 5) is 25.9. The molecule has 0 fully saturated rings. The summed E-state index contributed by atoms with van der Waals surface area (Å²) in [6.07, 6.45) is 0. The molecule has 0 aliphatic carbocycles. The number of urea groups is 1. The predicted octanol–water partition coefficient (Wildman–Crippen LogP) is 2.73. The molecular weight excluding hydrogens is 316 g/mol. The van der Waals surface area contributed by atoms with E-state index >= 15 is 0 Å². The highest BCUT2D eigenvalue weighted by atomic mass is 16.2. The molecule has 0 heterocycles. The van der Waals surface area contributed by atoms with Gasteiger partial charge in [-0.2, -0.15) is 5.26 Å². The lowest BCUT2D eigenvalue weighted by molar-refractivity contribution is -0.131. The number of nitrogens with zero attached hydrogens (tertiary/aromatic N) is 2. The summed E-state index contributed by atoms with van der Waals surface area (Å²) in [5.74, 6) is -0.217. The molecule has 2 rings (SSSR count). The lowest BCUT2D eigenvalue weighted by Crippen LogP contribution is -2.46. The molecule has 2 aromatic carbocycles. The van der Waals surface area contributed by atoms with Crippen molar-refractivity contribution in [3.05, 3.63) is 65.7 Å². The molecule has 25 heavy (non-hydrogen) atoms. The lowest BCUT2D eigenvalue weighted by Gasteiger charge is -2.22. The van der Waals surface area contributed by atoms with Crippen LogP contribution in [0.3, 0.4) is 0 Å². The minimum absolute atomic E-state index is 0.217. The molecule has 0 aromatic heterocycles. The zero-order valence-electron chi connectivity index (χ0n) is 14.2. The Balaban J connectivity index is 1.90. The maximum Gasteiger partial charge on any atom is 0.319 e. The number of carbonyl (C=O) groups is 2. The summed E-state index contributed by atoms with van der Waals surface area (Å²) < 4.78 is 0. The van der Waals surface area contributed by atoms with Gasteiger partial charge in [0.05, 0.1) is 11.6 Å². The van der Waals surface area contributed by atoms with Crippen molar-refractivity contribution in [1.82, 2.24) is 10.2 Å².